The van der Waals surface area contributed by atoms with Crippen molar-refractivity contribution in [3.05, 3.63) is 0 Å². The third-order valence-corrected chi connectivity index (χ3v) is 5.87. The Balaban J connectivity index is 2.27. The Hall–Kier alpha value is 0.620. The van der Waals surface area contributed by atoms with Crippen LogP contribution >= 0.6 is 23.5 Å². The van der Waals surface area contributed by atoms with Crippen molar-refractivity contribution in [1.29, 1.82) is 0 Å². The van der Waals surface area contributed by atoms with Crippen molar-refractivity contribution in [2.24, 2.45) is 5.41 Å². The fourth-order valence-electron chi connectivity index (χ4n) is 2.84. The van der Waals surface area contributed by atoms with Gasteiger partial charge in [-0.05, 0) is 42.6 Å². The lowest BCUT2D eigenvalue weighted by Gasteiger charge is -2.37. The first-order chi connectivity index (χ1) is 8.83. The summed E-state index contributed by atoms with van der Waals surface area (Å²) in [6.45, 7) is 0.619. The summed E-state index contributed by atoms with van der Waals surface area (Å²) in [4.78, 5) is 0. The summed E-state index contributed by atoms with van der Waals surface area (Å²) >= 11 is 3.78. The molecule has 0 heterocycles. The van der Waals surface area contributed by atoms with Gasteiger partial charge in [-0.15, -0.1) is 0 Å². The molecule has 1 aliphatic carbocycles. The Kier molecular flexibility index (Phi) is 9.65. The predicted molar refractivity (Wildman–Crippen MR) is 83.6 cm³/mol. The topological polar surface area (TPSA) is 40.5 Å². The van der Waals surface area contributed by atoms with Crippen molar-refractivity contribution in [3.8, 4) is 0 Å². The van der Waals surface area contributed by atoms with Crippen LogP contribution < -0.4 is 0 Å². The number of hydrogen-bond donors (Lipinski definition) is 2. The SMILES string of the molecule is OCCSCCC1(CCSCCO)CCCCC1. The van der Waals surface area contributed by atoms with Crippen LogP contribution in [0.2, 0.25) is 0 Å². The van der Waals surface area contributed by atoms with Crippen LogP contribution in [0.15, 0.2) is 0 Å². The molecular weight excluding hydrogens is 264 g/mol. The Morgan fingerprint density at radius 2 is 1.22 bits per heavy atom. The summed E-state index contributed by atoms with van der Waals surface area (Å²) < 4.78 is 0. The number of hydrogen-bond acceptors (Lipinski definition) is 4. The highest BCUT2D eigenvalue weighted by Crippen LogP contribution is 2.43. The van der Waals surface area contributed by atoms with Gasteiger partial charge in [0, 0.05) is 11.5 Å². The molecule has 1 fully saturated rings. The maximum atomic E-state index is 8.82. The minimum atomic E-state index is 0.310. The first-order valence-electron chi connectivity index (χ1n) is 7.20. The molecule has 18 heavy (non-hydrogen) atoms. The van der Waals surface area contributed by atoms with Gasteiger partial charge >= 0.3 is 0 Å². The number of aliphatic hydroxyl groups is 2. The summed E-state index contributed by atoms with van der Waals surface area (Å²) in [6.07, 6.45) is 9.63. The van der Waals surface area contributed by atoms with E-state index in [1.165, 1.54) is 56.5 Å². The lowest BCUT2D eigenvalue weighted by atomic mass is 9.70. The van der Waals surface area contributed by atoms with E-state index in [4.69, 9.17) is 10.2 Å². The first-order valence-corrected chi connectivity index (χ1v) is 9.51. The Morgan fingerprint density at radius 3 is 1.67 bits per heavy atom. The third-order valence-electron chi connectivity index (χ3n) is 3.94. The van der Waals surface area contributed by atoms with Crippen molar-refractivity contribution < 1.29 is 10.2 Å². The molecule has 0 unspecified atom stereocenters. The fourth-order valence-corrected chi connectivity index (χ4v) is 4.66. The van der Waals surface area contributed by atoms with Crippen LogP contribution in [0.4, 0.5) is 0 Å². The van der Waals surface area contributed by atoms with Crippen LogP contribution in [0, 0.1) is 5.41 Å². The standard InChI is InChI=1S/C14H28O2S2/c15-8-12-17-10-6-14(4-2-1-3-5-14)7-11-18-13-9-16/h15-16H,1-13H2. The average molecular weight is 293 g/mol. The molecule has 0 aromatic rings. The van der Waals surface area contributed by atoms with Gasteiger partial charge in [0.05, 0.1) is 13.2 Å². The second kappa shape index (κ2) is 10.4. The van der Waals surface area contributed by atoms with Crippen LogP contribution in [-0.2, 0) is 0 Å². The molecule has 2 nitrogen and oxygen atoms in total. The van der Waals surface area contributed by atoms with Crippen molar-refractivity contribution in [2.75, 3.05) is 36.2 Å². The second-order valence-electron chi connectivity index (χ2n) is 5.23. The van der Waals surface area contributed by atoms with Gasteiger partial charge in [0.25, 0.3) is 0 Å². The smallest absolute Gasteiger partial charge is 0.0521 e. The number of thioether (sulfide) groups is 2. The largest absolute Gasteiger partial charge is 0.396 e. The van der Waals surface area contributed by atoms with E-state index in [0.717, 1.165) is 11.5 Å². The average Bonchev–Trinajstić information content (AvgIpc) is 2.41. The van der Waals surface area contributed by atoms with Crippen LogP contribution in [0.3, 0.4) is 0 Å². The molecule has 2 N–H and O–H groups in total. The monoisotopic (exact) mass is 292 g/mol. The van der Waals surface area contributed by atoms with Gasteiger partial charge in [-0.25, -0.2) is 0 Å². The zero-order chi connectivity index (χ0) is 13.1. The van der Waals surface area contributed by atoms with E-state index in [-0.39, 0.29) is 0 Å². The zero-order valence-electron chi connectivity index (χ0n) is 11.4. The molecule has 0 radical (unpaired) electrons. The van der Waals surface area contributed by atoms with E-state index in [0.29, 0.717) is 18.6 Å². The molecule has 1 rings (SSSR count). The second-order valence-corrected chi connectivity index (χ2v) is 7.68. The van der Waals surface area contributed by atoms with Crippen LogP contribution in [0.5, 0.6) is 0 Å². The minimum Gasteiger partial charge on any atom is -0.396 e. The summed E-state index contributed by atoms with van der Waals surface area (Å²) in [6, 6.07) is 0. The summed E-state index contributed by atoms with van der Waals surface area (Å²) in [7, 11) is 0. The van der Waals surface area contributed by atoms with Gasteiger partial charge in [0.15, 0.2) is 0 Å². The van der Waals surface area contributed by atoms with E-state index in [1.807, 2.05) is 23.5 Å². The van der Waals surface area contributed by atoms with Crippen molar-refractivity contribution in [1.82, 2.24) is 0 Å². The summed E-state index contributed by atoms with van der Waals surface area (Å²) in [5, 5.41) is 17.6. The molecule has 0 aliphatic heterocycles. The van der Waals surface area contributed by atoms with Crippen molar-refractivity contribution >= 4 is 23.5 Å². The van der Waals surface area contributed by atoms with E-state index < -0.39 is 0 Å². The quantitative estimate of drug-likeness (QED) is 0.607. The van der Waals surface area contributed by atoms with E-state index in [9.17, 15) is 0 Å². The molecule has 1 saturated carbocycles. The first kappa shape index (κ1) is 16.7. The maximum absolute atomic E-state index is 8.82. The van der Waals surface area contributed by atoms with Crippen LogP contribution in [0.25, 0.3) is 0 Å². The molecular formula is C14H28O2S2. The lowest BCUT2D eigenvalue weighted by Crippen LogP contribution is -2.26. The van der Waals surface area contributed by atoms with Gasteiger partial charge in [-0.2, -0.15) is 23.5 Å². The molecule has 0 atom stereocenters. The van der Waals surface area contributed by atoms with Gasteiger partial charge in [0.1, 0.15) is 0 Å². The molecule has 0 aromatic carbocycles. The summed E-state index contributed by atoms with van der Waals surface area (Å²) in [5.41, 5.74) is 0.573. The van der Waals surface area contributed by atoms with Gasteiger partial charge in [-0.3, -0.25) is 0 Å². The van der Waals surface area contributed by atoms with Gasteiger partial charge < -0.3 is 10.2 Å². The zero-order valence-corrected chi connectivity index (χ0v) is 13.0. The van der Waals surface area contributed by atoms with E-state index >= 15 is 0 Å². The maximum Gasteiger partial charge on any atom is 0.0521 e. The molecule has 0 bridgehead atoms. The van der Waals surface area contributed by atoms with Crippen LogP contribution in [-0.4, -0.2) is 46.4 Å². The highest BCUT2D eigenvalue weighted by atomic mass is 32.2. The third kappa shape index (κ3) is 6.69. The predicted octanol–water partition coefficient (Wildman–Crippen LogP) is 3.17. The normalized spacial score (nSPS) is 19.0. The summed E-state index contributed by atoms with van der Waals surface area (Å²) in [5.74, 6) is 4.17. The lowest BCUT2D eigenvalue weighted by molar-refractivity contribution is 0.176. The Morgan fingerprint density at radius 1 is 0.722 bits per heavy atom. The van der Waals surface area contributed by atoms with Crippen molar-refractivity contribution in [2.45, 2.75) is 44.9 Å². The highest BCUT2D eigenvalue weighted by Gasteiger charge is 2.30. The highest BCUT2D eigenvalue weighted by molar-refractivity contribution is 7.99. The molecule has 0 amide bonds. The van der Waals surface area contributed by atoms with Gasteiger partial charge in [-0.1, -0.05) is 19.3 Å². The fraction of sp³-hybridized carbons (Fsp3) is 1.00. The Labute approximate surface area is 120 Å². The Bertz CT molecular complexity index is 180. The molecule has 108 valence electrons. The molecule has 4 heteroatoms. The molecule has 0 spiro atoms. The number of aliphatic hydroxyl groups excluding tert-OH is 2. The van der Waals surface area contributed by atoms with E-state index in [2.05, 4.69) is 0 Å². The minimum absolute atomic E-state index is 0.310. The molecule has 0 aromatic heterocycles. The van der Waals surface area contributed by atoms with Crippen molar-refractivity contribution in [3.63, 3.8) is 0 Å². The van der Waals surface area contributed by atoms with Gasteiger partial charge in [0.2, 0.25) is 0 Å². The number of rotatable bonds is 10. The molecule has 0 saturated heterocycles. The van der Waals surface area contributed by atoms with E-state index in [1.54, 1.807) is 0 Å². The molecule has 1 aliphatic rings. The van der Waals surface area contributed by atoms with Crippen LogP contribution in [0.1, 0.15) is 44.9 Å².